The van der Waals surface area contributed by atoms with E-state index < -0.39 is 0 Å². The van der Waals surface area contributed by atoms with Gasteiger partial charge in [0.25, 0.3) is 0 Å². The number of halogens is 1. The molecule has 2 nitrogen and oxygen atoms in total. The van der Waals surface area contributed by atoms with Gasteiger partial charge >= 0.3 is 0 Å². The first-order chi connectivity index (χ1) is 8.22. The maximum atomic E-state index is 13.8. The van der Waals surface area contributed by atoms with E-state index >= 15 is 0 Å². The maximum Gasteiger partial charge on any atom is 0.131 e. The van der Waals surface area contributed by atoms with Crippen LogP contribution in [0.5, 0.6) is 5.75 Å². The summed E-state index contributed by atoms with van der Waals surface area (Å²) in [5.74, 6) is 1.32. The Balaban J connectivity index is 2.04. The zero-order chi connectivity index (χ0) is 12.3. The molecule has 1 saturated carbocycles. The molecule has 0 aliphatic heterocycles. The summed E-state index contributed by atoms with van der Waals surface area (Å²) in [6.07, 6.45) is 3.74. The van der Waals surface area contributed by atoms with Gasteiger partial charge in [-0.25, -0.2) is 4.39 Å². The zero-order valence-corrected chi connectivity index (χ0v) is 10.5. The molecule has 1 aliphatic rings. The molecule has 1 unspecified atom stereocenters. The smallest absolute Gasteiger partial charge is 0.131 e. The summed E-state index contributed by atoms with van der Waals surface area (Å²) in [4.78, 5) is 0. The molecule has 1 aromatic carbocycles. The van der Waals surface area contributed by atoms with Crippen LogP contribution in [0.4, 0.5) is 4.39 Å². The molecule has 94 valence electrons. The van der Waals surface area contributed by atoms with E-state index in [4.69, 9.17) is 4.74 Å². The number of ether oxygens (including phenoxy) is 1. The van der Waals surface area contributed by atoms with E-state index in [-0.39, 0.29) is 11.9 Å². The molecule has 1 aliphatic carbocycles. The highest BCUT2D eigenvalue weighted by atomic mass is 19.1. The lowest BCUT2D eigenvalue weighted by Crippen LogP contribution is -2.15. The van der Waals surface area contributed by atoms with Crippen LogP contribution in [0.3, 0.4) is 0 Å². The molecule has 1 fully saturated rings. The molecule has 0 spiro atoms. The van der Waals surface area contributed by atoms with Crippen molar-refractivity contribution in [3.05, 3.63) is 29.6 Å². The van der Waals surface area contributed by atoms with Gasteiger partial charge in [-0.2, -0.15) is 0 Å². The Morgan fingerprint density at radius 1 is 1.47 bits per heavy atom. The number of hydrogen-bond donors (Lipinski definition) is 1. The SMILES string of the molecule is CNC(C)c1c(F)cccc1OCCC1CC1. The summed E-state index contributed by atoms with van der Waals surface area (Å²) < 4.78 is 19.5. The molecular formula is C14H20FNO. The number of benzene rings is 1. The first-order valence-corrected chi connectivity index (χ1v) is 6.31. The van der Waals surface area contributed by atoms with Gasteiger partial charge in [0.15, 0.2) is 0 Å². The van der Waals surface area contributed by atoms with Gasteiger partial charge in [-0.15, -0.1) is 0 Å². The van der Waals surface area contributed by atoms with Crippen LogP contribution >= 0.6 is 0 Å². The van der Waals surface area contributed by atoms with Crippen LogP contribution in [-0.4, -0.2) is 13.7 Å². The minimum atomic E-state index is -0.198. The van der Waals surface area contributed by atoms with E-state index in [9.17, 15) is 4.39 Å². The van der Waals surface area contributed by atoms with Crippen molar-refractivity contribution in [1.29, 1.82) is 0 Å². The monoisotopic (exact) mass is 237 g/mol. The van der Waals surface area contributed by atoms with E-state index in [1.165, 1.54) is 18.9 Å². The summed E-state index contributed by atoms with van der Waals surface area (Å²) in [6.45, 7) is 2.63. The first kappa shape index (κ1) is 12.4. The average Bonchev–Trinajstić information content (AvgIpc) is 3.12. The number of nitrogens with one attached hydrogen (secondary N) is 1. The van der Waals surface area contributed by atoms with Crippen molar-refractivity contribution >= 4 is 0 Å². The summed E-state index contributed by atoms with van der Waals surface area (Å²) in [6, 6.07) is 5.00. The van der Waals surface area contributed by atoms with E-state index in [1.807, 2.05) is 20.0 Å². The van der Waals surface area contributed by atoms with E-state index in [0.29, 0.717) is 17.9 Å². The van der Waals surface area contributed by atoms with Gasteiger partial charge in [-0.3, -0.25) is 0 Å². The van der Waals surface area contributed by atoms with Crippen LogP contribution in [0.2, 0.25) is 0 Å². The van der Waals surface area contributed by atoms with Crippen molar-refractivity contribution in [2.75, 3.05) is 13.7 Å². The lowest BCUT2D eigenvalue weighted by molar-refractivity contribution is 0.294. The Kier molecular flexibility index (Phi) is 4.00. The van der Waals surface area contributed by atoms with Crippen LogP contribution in [0.15, 0.2) is 18.2 Å². The second-order valence-electron chi connectivity index (χ2n) is 4.74. The molecule has 1 atom stereocenters. The Hall–Kier alpha value is -1.09. The van der Waals surface area contributed by atoms with Crippen molar-refractivity contribution in [3.8, 4) is 5.75 Å². The Labute approximate surface area is 102 Å². The summed E-state index contributed by atoms with van der Waals surface area (Å²) >= 11 is 0. The highest BCUT2D eigenvalue weighted by Crippen LogP contribution is 2.33. The van der Waals surface area contributed by atoms with Crippen molar-refractivity contribution in [2.24, 2.45) is 5.92 Å². The van der Waals surface area contributed by atoms with Crippen molar-refractivity contribution in [2.45, 2.75) is 32.2 Å². The third-order valence-corrected chi connectivity index (χ3v) is 3.36. The summed E-state index contributed by atoms with van der Waals surface area (Å²) in [5, 5.41) is 3.05. The van der Waals surface area contributed by atoms with Crippen LogP contribution in [0.1, 0.15) is 37.8 Å². The van der Waals surface area contributed by atoms with E-state index in [0.717, 1.165) is 12.3 Å². The highest BCUT2D eigenvalue weighted by molar-refractivity contribution is 5.36. The largest absolute Gasteiger partial charge is 0.493 e. The Morgan fingerprint density at radius 2 is 2.24 bits per heavy atom. The van der Waals surface area contributed by atoms with Gasteiger partial charge in [-0.05, 0) is 38.4 Å². The average molecular weight is 237 g/mol. The van der Waals surface area contributed by atoms with Crippen LogP contribution in [0.25, 0.3) is 0 Å². The quantitative estimate of drug-likeness (QED) is 0.819. The summed E-state index contributed by atoms with van der Waals surface area (Å²) in [5.41, 5.74) is 0.630. The molecule has 0 saturated heterocycles. The summed E-state index contributed by atoms with van der Waals surface area (Å²) in [7, 11) is 1.82. The number of hydrogen-bond acceptors (Lipinski definition) is 2. The number of rotatable bonds is 6. The molecule has 1 N–H and O–H groups in total. The standard InChI is InChI=1S/C14H20FNO/c1-10(16-2)14-12(15)4-3-5-13(14)17-9-8-11-6-7-11/h3-5,10-11,16H,6-9H2,1-2H3. The van der Waals surface area contributed by atoms with Gasteiger partial charge in [0.05, 0.1) is 6.61 Å². The van der Waals surface area contributed by atoms with Gasteiger partial charge < -0.3 is 10.1 Å². The van der Waals surface area contributed by atoms with Gasteiger partial charge in [0.1, 0.15) is 11.6 Å². The predicted molar refractivity (Wildman–Crippen MR) is 66.7 cm³/mol. The van der Waals surface area contributed by atoms with Crippen molar-refractivity contribution in [1.82, 2.24) is 5.32 Å². The fourth-order valence-corrected chi connectivity index (χ4v) is 1.95. The fourth-order valence-electron chi connectivity index (χ4n) is 1.95. The maximum absolute atomic E-state index is 13.8. The third-order valence-electron chi connectivity index (χ3n) is 3.36. The second-order valence-corrected chi connectivity index (χ2v) is 4.74. The minimum Gasteiger partial charge on any atom is -0.493 e. The van der Waals surface area contributed by atoms with Crippen LogP contribution < -0.4 is 10.1 Å². The van der Waals surface area contributed by atoms with Crippen molar-refractivity contribution < 1.29 is 9.13 Å². The molecule has 3 heteroatoms. The van der Waals surface area contributed by atoms with Crippen LogP contribution in [-0.2, 0) is 0 Å². The zero-order valence-electron chi connectivity index (χ0n) is 10.5. The normalized spacial score (nSPS) is 16.9. The minimum absolute atomic E-state index is 0.0351. The third kappa shape index (κ3) is 3.19. The van der Waals surface area contributed by atoms with E-state index in [1.54, 1.807) is 6.07 Å². The van der Waals surface area contributed by atoms with Crippen molar-refractivity contribution in [3.63, 3.8) is 0 Å². The Morgan fingerprint density at radius 3 is 2.88 bits per heavy atom. The van der Waals surface area contributed by atoms with Gasteiger partial charge in [0.2, 0.25) is 0 Å². The molecule has 0 radical (unpaired) electrons. The van der Waals surface area contributed by atoms with Gasteiger partial charge in [0, 0.05) is 11.6 Å². The molecular weight excluding hydrogens is 217 g/mol. The van der Waals surface area contributed by atoms with Crippen LogP contribution in [0, 0.1) is 11.7 Å². The van der Waals surface area contributed by atoms with Gasteiger partial charge in [-0.1, -0.05) is 18.9 Å². The van der Waals surface area contributed by atoms with E-state index in [2.05, 4.69) is 5.32 Å². The highest BCUT2D eigenvalue weighted by Gasteiger charge is 2.21. The topological polar surface area (TPSA) is 21.3 Å². The first-order valence-electron chi connectivity index (χ1n) is 6.31. The molecule has 0 heterocycles. The molecule has 17 heavy (non-hydrogen) atoms. The Bertz CT molecular complexity index is 376. The lowest BCUT2D eigenvalue weighted by atomic mass is 10.1. The molecule has 1 aromatic rings. The lowest BCUT2D eigenvalue weighted by Gasteiger charge is -2.17. The molecule has 0 aromatic heterocycles. The predicted octanol–water partition coefficient (Wildman–Crippen LogP) is 3.29. The fraction of sp³-hybridized carbons (Fsp3) is 0.571. The molecule has 2 rings (SSSR count). The second kappa shape index (κ2) is 5.50. The molecule has 0 bridgehead atoms. The molecule has 0 amide bonds.